The van der Waals surface area contributed by atoms with Gasteiger partial charge in [0.05, 0.1) is 24.6 Å². The number of benzene rings is 1. The van der Waals surface area contributed by atoms with E-state index in [0.29, 0.717) is 24.3 Å². The maximum atomic E-state index is 12.6. The number of hydrogen-bond acceptors (Lipinski definition) is 3. The molecular formula is C17H21NO4. The van der Waals surface area contributed by atoms with Crippen LogP contribution in [0.3, 0.4) is 0 Å². The largest absolute Gasteiger partial charge is 0.495 e. The maximum Gasteiger partial charge on any atom is 0.307 e. The Balaban J connectivity index is 2.22. The van der Waals surface area contributed by atoms with Crippen LogP contribution >= 0.6 is 0 Å². The zero-order valence-corrected chi connectivity index (χ0v) is 13.1. The zero-order valence-electron chi connectivity index (χ0n) is 13.1. The van der Waals surface area contributed by atoms with Crippen molar-refractivity contribution in [3.63, 3.8) is 0 Å². The van der Waals surface area contributed by atoms with Crippen LogP contribution in [0.25, 0.3) is 0 Å². The number of allylic oxidation sites excluding steroid dienone is 2. The molecule has 2 N–H and O–H groups in total. The molecule has 0 heterocycles. The van der Waals surface area contributed by atoms with Crippen molar-refractivity contribution in [2.24, 2.45) is 11.8 Å². The smallest absolute Gasteiger partial charge is 0.307 e. The van der Waals surface area contributed by atoms with Crippen LogP contribution in [0.15, 0.2) is 35.4 Å². The lowest BCUT2D eigenvalue weighted by atomic mass is 9.76. The molecule has 1 aromatic rings. The molecule has 0 saturated carbocycles. The SMILES string of the molecule is COc1ccccc1NC(=O)C1CC(C)=C(C)CC1C(=O)O. The van der Waals surface area contributed by atoms with Crippen molar-refractivity contribution in [1.29, 1.82) is 0 Å². The summed E-state index contributed by atoms with van der Waals surface area (Å²) in [6, 6.07) is 7.10. The number of nitrogens with one attached hydrogen (secondary N) is 1. The molecule has 5 heteroatoms. The Morgan fingerprint density at radius 2 is 1.73 bits per heavy atom. The third-order valence-corrected chi connectivity index (χ3v) is 4.29. The first kappa shape index (κ1) is 16.1. The number of carboxylic acids is 1. The molecule has 2 atom stereocenters. The molecule has 118 valence electrons. The predicted molar refractivity (Wildman–Crippen MR) is 83.8 cm³/mol. The van der Waals surface area contributed by atoms with Gasteiger partial charge in [0.15, 0.2) is 0 Å². The normalized spacial score (nSPS) is 21.4. The van der Waals surface area contributed by atoms with Crippen molar-refractivity contribution in [3.8, 4) is 5.75 Å². The van der Waals surface area contributed by atoms with Crippen molar-refractivity contribution < 1.29 is 19.4 Å². The van der Waals surface area contributed by atoms with Gasteiger partial charge in [0.25, 0.3) is 0 Å². The Morgan fingerprint density at radius 3 is 2.32 bits per heavy atom. The fourth-order valence-corrected chi connectivity index (χ4v) is 2.80. The van der Waals surface area contributed by atoms with E-state index in [0.717, 1.165) is 11.1 Å². The van der Waals surface area contributed by atoms with E-state index in [1.807, 2.05) is 19.9 Å². The zero-order chi connectivity index (χ0) is 16.3. The van der Waals surface area contributed by atoms with Crippen molar-refractivity contribution in [1.82, 2.24) is 0 Å². The lowest BCUT2D eigenvalue weighted by molar-refractivity contribution is -0.146. The number of amides is 1. The number of hydrogen-bond donors (Lipinski definition) is 2. The monoisotopic (exact) mass is 303 g/mol. The maximum absolute atomic E-state index is 12.6. The minimum Gasteiger partial charge on any atom is -0.495 e. The molecule has 22 heavy (non-hydrogen) atoms. The molecule has 0 fully saturated rings. The van der Waals surface area contributed by atoms with E-state index in [9.17, 15) is 14.7 Å². The quantitative estimate of drug-likeness (QED) is 0.838. The Bertz CT molecular complexity index is 621. The summed E-state index contributed by atoms with van der Waals surface area (Å²) in [7, 11) is 1.53. The third kappa shape index (κ3) is 3.30. The van der Waals surface area contributed by atoms with Gasteiger partial charge in [-0.1, -0.05) is 23.3 Å². The molecule has 1 amide bonds. The number of rotatable bonds is 4. The van der Waals surface area contributed by atoms with Gasteiger partial charge >= 0.3 is 5.97 Å². The van der Waals surface area contributed by atoms with E-state index < -0.39 is 17.8 Å². The first-order valence-electron chi connectivity index (χ1n) is 7.26. The fraction of sp³-hybridized carbons (Fsp3) is 0.412. The Morgan fingerprint density at radius 1 is 1.14 bits per heavy atom. The van der Waals surface area contributed by atoms with Gasteiger partial charge in [-0.15, -0.1) is 0 Å². The van der Waals surface area contributed by atoms with Gasteiger partial charge in [-0.25, -0.2) is 0 Å². The average Bonchev–Trinajstić information content (AvgIpc) is 2.49. The van der Waals surface area contributed by atoms with Crippen molar-refractivity contribution in [3.05, 3.63) is 35.4 Å². The second-order valence-corrected chi connectivity index (χ2v) is 5.71. The predicted octanol–water partition coefficient (Wildman–Crippen LogP) is 3.08. The minimum atomic E-state index is -0.924. The van der Waals surface area contributed by atoms with E-state index in [4.69, 9.17) is 4.74 Å². The number of para-hydroxylation sites is 2. The van der Waals surface area contributed by atoms with Gasteiger partial charge in [0.2, 0.25) is 5.91 Å². The molecule has 0 radical (unpaired) electrons. The molecule has 2 rings (SSSR count). The van der Waals surface area contributed by atoms with E-state index in [1.165, 1.54) is 7.11 Å². The van der Waals surface area contributed by atoms with Crippen LogP contribution in [0.4, 0.5) is 5.69 Å². The van der Waals surface area contributed by atoms with Gasteiger partial charge in [-0.05, 0) is 38.8 Å². The first-order chi connectivity index (χ1) is 10.4. The lowest BCUT2D eigenvalue weighted by Gasteiger charge is -2.29. The van der Waals surface area contributed by atoms with Gasteiger partial charge in [-0.3, -0.25) is 9.59 Å². The molecule has 1 aliphatic rings. The number of ether oxygens (including phenoxy) is 1. The lowest BCUT2D eigenvalue weighted by Crippen LogP contribution is -2.36. The molecule has 0 bridgehead atoms. The fourth-order valence-electron chi connectivity index (χ4n) is 2.80. The van der Waals surface area contributed by atoms with E-state index in [-0.39, 0.29) is 5.91 Å². The molecular weight excluding hydrogens is 282 g/mol. The third-order valence-electron chi connectivity index (χ3n) is 4.29. The first-order valence-corrected chi connectivity index (χ1v) is 7.26. The summed E-state index contributed by atoms with van der Waals surface area (Å²) >= 11 is 0. The second kappa shape index (κ2) is 6.64. The standard InChI is InChI=1S/C17H21NO4/c1-10-8-12(13(17(20)21)9-11(10)2)16(19)18-14-6-4-5-7-15(14)22-3/h4-7,12-13H,8-9H2,1-3H3,(H,18,19)(H,20,21). The topological polar surface area (TPSA) is 75.6 Å². The van der Waals surface area contributed by atoms with Gasteiger partial charge in [0, 0.05) is 0 Å². The Hall–Kier alpha value is -2.30. The highest BCUT2D eigenvalue weighted by atomic mass is 16.5. The molecule has 1 aliphatic carbocycles. The van der Waals surface area contributed by atoms with Crippen LogP contribution in [0.2, 0.25) is 0 Å². The molecule has 0 aliphatic heterocycles. The van der Waals surface area contributed by atoms with Crippen LogP contribution in [0, 0.1) is 11.8 Å². The molecule has 5 nitrogen and oxygen atoms in total. The highest BCUT2D eigenvalue weighted by Gasteiger charge is 2.37. The van der Waals surface area contributed by atoms with Gasteiger partial charge < -0.3 is 15.2 Å². The van der Waals surface area contributed by atoms with Crippen LogP contribution in [-0.4, -0.2) is 24.1 Å². The summed E-state index contributed by atoms with van der Waals surface area (Å²) in [6.45, 7) is 3.89. The van der Waals surface area contributed by atoms with E-state index >= 15 is 0 Å². The molecule has 0 saturated heterocycles. The molecule has 2 unspecified atom stereocenters. The molecule has 0 spiro atoms. The van der Waals surface area contributed by atoms with Crippen molar-refractivity contribution in [2.45, 2.75) is 26.7 Å². The van der Waals surface area contributed by atoms with Crippen LogP contribution in [0.1, 0.15) is 26.7 Å². The highest BCUT2D eigenvalue weighted by molar-refractivity contribution is 5.96. The van der Waals surface area contributed by atoms with Crippen LogP contribution in [-0.2, 0) is 9.59 Å². The highest BCUT2D eigenvalue weighted by Crippen LogP contribution is 2.35. The molecule has 1 aromatic carbocycles. The number of anilines is 1. The average molecular weight is 303 g/mol. The summed E-state index contributed by atoms with van der Waals surface area (Å²) in [5, 5.41) is 12.2. The number of carbonyl (C=O) groups is 2. The number of carbonyl (C=O) groups excluding carboxylic acids is 1. The Labute approximate surface area is 130 Å². The summed E-state index contributed by atoms with van der Waals surface area (Å²) in [6.07, 6.45) is 0.898. The summed E-state index contributed by atoms with van der Waals surface area (Å²) < 4.78 is 5.21. The summed E-state index contributed by atoms with van der Waals surface area (Å²) in [4.78, 5) is 24.0. The molecule has 0 aromatic heterocycles. The number of methoxy groups -OCH3 is 1. The van der Waals surface area contributed by atoms with Crippen molar-refractivity contribution >= 4 is 17.6 Å². The van der Waals surface area contributed by atoms with E-state index in [1.54, 1.807) is 18.2 Å². The Kier molecular flexibility index (Phi) is 4.85. The van der Waals surface area contributed by atoms with Crippen LogP contribution < -0.4 is 10.1 Å². The second-order valence-electron chi connectivity index (χ2n) is 5.71. The van der Waals surface area contributed by atoms with Gasteiger partial charge in [-0.2, -0.15) is 0 Å². The minimum absolute atomic E-state index is 0.274. The van der Waals surface area contributed by atoms with E-state index in [2.05, 4.69) is 5.32 Å². The summed E-state index contributed by atoms with van der Waals surface area (Å²) in [5.41, 5.74) is 2.72. The van der Waals surface area contributed by atoms with Crippen molar-refractivity contribution in [2.75, 3.05) is 12.4 Å². The summed E-state index contributed by atoms with van der Waals surface area (Å²) in [5.74, 6) is -1.89. The van der Waals surface area contributed by atoms with Gasteiger partial charge in [0.1, 0.15) is 5.75 Å². The number of aliphatic carboxylic acids is 1. The van der Waals surface area contributed by atoms with Crippen LogP contribution in [0.5, 0.6) is 5.75 Å². The number of carboxylic acid groups (broad SMARTS) is 1.